The lowest BCUT2D eigenvalue weighted by Crippen LogP contribution is -2.35. The number of nitrogens with zero attached hydrogens (tertiary/aromatic N) is 2. The molecule has 1 saturated heterocycles. The predicted octanol–water partition coefficient (Wildman–Crippen LogP) is 1.45. The number of rotatable bonds is 1. The Morgan fingerprint density at radius 3 is 2.47 bits per heavy atom. The van der Waals surface area contributed by atoms with Crippen molar-refractivity contribution >= 4 is 12.4 Å². The van der Waals surface area contributed by atoms with Gasteiger partial charge in [0.25, 0.3) is 0 Å². The first kappa shape index (κ1) is 10.7. The summed E-state index contributed by atoms with van der Waals surface area (Å²) in [4.78, 5) is 0. The maximum Gasteiger partial charge on any atom is 0.331 e. The molecule has 15 heavy (non-hydrogen) atoms. The summed E-state index contributed by atoms with van der Waals surface area (Å²) in [5.41, 5.74) is 1.34. The Morgan fingerprint density at radius 2 is 2.07 bits per heavy atom. The number of hydrogen-bond donors (Lipinski definition) is 0. The molecule has 0 aliphatic carbocycles. The summed E-state index contributed by atoms with van der Waals surface area (Å²) in [6.07, 6.45) is 5.01. The second-order valence-electron chi connectivity index (χ2n) is 5.65. The van der Waals surface area contributed by atoms with E-state index in [0.29, 0.717) is 0 Å². The zero-order valence-electron chi connectivity index (χ0n) is 10.2. The molecule has 0 aromatic carbocycles. The predicted molar refractivity (Wildman–Crippen MR) is 62.3 cm³/mol. The monoisotopic (exact) mass is 206 g/mol. The molecule has 2 heterocycles. The molecule has 0 unspecified atom stereocenters. The Balaban J connectivity index is 2.23. The molecule has 0 N–H and O–H groups in total. The van der Waals surface area contributed by atoms with E-state index >= 15 is 0 Å². The first-order valence-electron chi connectivity index (χ1n) is 5.48. The fourth-order valence-electron chi connectivity index (χ4n) is 2.06. The lowest BCUT2D eigenvalue weighted by molar-refractivity contribution is 0.0375. The molecule has 2 rings (SSSR count). The standard InChI is InChI=1S/C11H19BN2O/c1-10(2)8-12(15-11(10,3)4)9-6-13-14(5)7-9/h6-7H,8H2,1-5H3. The van der Waals surface area contributed by atoms with Gasteiger partial charge < -0.3 is 4.65 Å². The topological polar surface area (TPSA) is 27.1 Å². The first-order chi connectivity index (χ1) is 6.82. The first-order valence-corrected chi connectivity index (χ1v) is 5.48. The van der Waals surface area contributed by atoms with E-state index in [1.54, 1.807) is 0 Å². The molecule has 1 aromatic heterocycles. The Hall–Kier alpha value is -0.765. The van der Waals surface area contributed by atoms with Gasteiger partial charge in [-0.1, -0.05) is 13.8 Å². The van der Waals surface area contributed by atoms with Gasteiger partial charge in [-0.05, 0) is 31.0 Å². The molecule has 1 aliphatic heterocycles. The average Bonchev–Trinajstić information content (AvgIpc) is 2.56. The summed E-state index contributed by atoms with van der Waals surface area (Å²) in [5.74, 6) is 0. The lowest BCUT2D eigenvalue weighted by atomic mass is 9.55. The van der Waals surface area contributed by atoms with Gasteiger partial charge in [-0.3, -0.25) is 4.68 Å². The zero-order chi connectivity index (χ0) is 11.3. The summed E-state index contributed by atoms with van der Waals surface area (Å²) < 4.78 is 7.94. The summed E-state index contributed by atoms with van der Waals surface area (Å²) in [6, 6.07) is 0. The lowest BCUT2D eigenvalue weighted by Gasteiger charge is -2.34. The fourth-order valence-corrected chi connectivity index (χ4v) is 2.06. The van der Waals surface area contributed by atoms with Crippen LogP contribution in [0.15, 0.2) is 12.4 Å². The van der Waals surface area contributed by atoms with Crippen LogP contribution >= 0.6 is 0 Å². The average molecular weight is 206 g/mol. The third-order valence-corrected chi connectivity index (χ3v) is 3.86. The van der Waals surface area contributed by atoms with Gasteiger partial charge in [-0.15, -0.1) is 0 Å². The highest BCUT2D eigenvalue weighted by Gasteiger charge is 2.50. The molecule has 0 bridgehead atoms. The van der Waals surface area contributed by atoms with Crippen molar-refractivity contribution in [3.63, 3.8) is 0 Å². The Labute approximate surface area is 91.9 Å². The van der Waals surface area contributed by atoms with E-state index in [4.69, 9.17) is 4.65 Å². The van der Waals surface area contributed by atoms with Gasteiger partial charge in [0.15, 0.2) is 0 Å². The molecule has 1 aromatic rings. The molecule has 3 nitrogen and oxygen atoms in total. The van der Waals surface area contributed by atoms with Gasteiger partial charge in [-0.25, -0.2) is 0 Å². The van der Waals surface area contributed by atoms with Crippen LogP contribution in [0.1, 0.15) is 27.7 Å². The van der Waals surface area contributed by atoms with E-state index in [2.05, 4.69) is 32.8 Å². The van der Waals surface area contributed by atoms with Gasteiger partial charge in [0.2, 0.25) is 0 Å². The van der Waals surface area contributed by atoms with Gasteiger partial charge >= 0.3 is 6.92 Å². The summed E-state index contributed by atoms with van der Waals surface area (Å²) in [6.45, 7) is 9.07. The van der Waals surface area contributed by atoms with Gasteiger partial charge in [0, 0.05) is 19.4 Å². The van der Waals surface area contributed by atoms with E-state index in [1.807, 2.05) is 24.1 Å². The normalized spacial score (nSPS) is 23.4. The van der Waals surface area contributed by atoms with Crippen LogP contribution in [-0.2, 0) is 11.7 Å². The third kappa shape index (κ3) is 1.71. The largest absolute Gasteiger partial charge is 0.425 e. The number of hydrogen-bond acceptors (Lipinski definition) is 2. The van der Waals surface area contributed by atoms with E-state index in [1.165, 1.54) is 5.46 Å². The van der Waals surface area contributed by atoms with Crippen LogP contribution < -0.4 is 5.46 Å². The van der Waals surface area contributed by atoms with Crippen LogP contribution in [0.2, 0.25) is 6.32 Å². The molecule has 0 spiro atoms. The van der Waals surface area contributed by atoms with Crippen molar-refractivity contribution in [2.24, 2.45) is 12.5 Å². The molecule has 0 amide bonds. The van der Waals surface area contributed by atoms with Crippen molar-refractivity contribution in [1.29, 1.82) is 0 Å². The van der Waals surface area contributed by atoms with Crippen molar-refractivity contribution in [3.8, 4) is 0 Å². The minimum atomic E-state index is -0.0620. The van der Waals surface area contributed by atoms with Crippen LogP contribution in [0.4, 0.5) is 0 Å². The quantitative estimate of drug-likeness (QED) is 0.650. The molecule has 1 fully saturated rings. The van der Waals surface area contributed by atoms with Crippen LogP contribution in [0, 0.1) is 5.41 Å². The maximum atomic E-state index is 6.11. The summed E-state index contributed by atoms with van der Waals surface area (Å²) in [7, 11) is 1.94. The van der Waals surface area contributed by atoms with Gasteiger partial charge in [-0.2, -0.15) is 5.10 Å². The zero-order valence-corrected chi connectivity index (χ0v) is 10.2. The SMILES string of the molecule is Cn1cc(B2CC(C)(C)C(C)(C)O2)cn1. The Morgan fingerprint density at radius 1 is 1.40 bits per heavy atom. The smallest absolute Gasteiger partial charge is 0.331 e. The minimum absolute atomic E-state index is 0.0620. The third-order valence-electron chi connectivity index (χ3n) is 3.86. The van der Waals surface area contributed by atoms with Crippen LogP contribution in [-0.4, -0.2) is 22.3 Å². The van der Waals surface area contributed by atoms with Crippen molar-refractivity contribution in [2.45, 2.75) is 39.6 Å². The molecule has 0 saturated carbocycles. The van der Waals surface area contributed by atoms with Crippen LogP contribution in [0.5, 0.6) is 0 Å². The van der Waals surface area contributed by atoms with Crippen molar-refractivity contribution in [3.05, 3.63) is 12.4 Å². The molecular weight excluding hydrogens is 187 g/mol. The molecule has 0 atom stereocenters. The Bertz CT molecular complexity index is 354. The fraction of sp³-hybridized carbons (Fsp3) is 0.727. The van der Waals surface area contributed by atoms with E-state index in [-0.39, 0.29) is 17.9 Å². The highest BCUT2D eigenvalue weighted by molar-refractivity contribution is 6.68. The highest BCUT2D eigenvalue weighted by atomic mass is 16.5. The van der Waals surface area contributed by atoms with E-state index < -0.39 is 0 Å². The summed E-state index contributed by atoms with van der Waals surface area (Å²) in [5, 5.41) is 4.19. The van der Waals surface area contributed by atoms with Crippen LogP contribution in [0.3, 0.4) is 0 Å². The van der Waals surface area contributed by atoms with Crippen molar-refractivity contribution < 1.29 is 4.65 Å². The second-order valence-corrected chi connectivity index (χ2v) is 5.65. The van der Waals surface area contributed by atoms with E-state index in [9.17, 15) is 0 Å². The minimum Gasteiger partial charge on any atom is -0.425 e. The molecule has 0 radical (unpaired) electrons. The molecular formula is C11H19BN2O. The molecule has 82 valence electrons. The number of aromatic nitrogens is 2. The van der Waals surface area contributed by atoms with Crippen LogP contribution in [0.25, 0.3) is 0 Å². The van der Waals surface area contributed by atoms with Gasteiger partial charge in [0.1, 0.15) is 0 Å². The second kappa shape index (κ2) is 3.11. The van der Waals surface area contributed by atoms with Crippen molar-refractivity contribution in [1.82, 2.24) is 9.78 Å². The highest BCUT2D eigenvalue weighted by Crippen LogP contribution is 2.44. The number of aryl methyl sites for hydroxylation is 1. The Kier molecular flexibility index (Phi) is 2.23. The summed E-state index contributed by atoms with van der Waals surface area (Å²) >= 11 is 0. The van der Waals surface area contributed by atoms with E-state index in [0.717, 1.165) is 6.32 Å². The van der Waals surface area contributed by atoms with Crippen molar-refractivity contribution in [2.75, 3.05) is 0 Å². The van der Waals surface area contributed by atoms with Gasteiger partial charge in [0.05, 0.1) is 5.60 Å². The molecule has 4 heteroatoms. The molecule has 1 aliphatic rings. The maximum absolute atomic E-state index is 6.11.